The van der Waals surface area contributed by atoms with Crippen molar-refractivity contribution in [1.82, 2.24) is 35.9 Å². The Hall–Kier alpha value is -5.19. The fourth-order valence-electron chi connectivity index (χ4n) is 10.2. The van der Waals surface area contributed by atoms with Gasteiger partial charge in [0.15, 0.2) is 0 Å². The number of piperidine rings is 2. The molecule has 18 heteroatoms. The molecule has 1 aliphatic carbocycles. The molecule has 3 aromatic carbocycles. The molecular formula is C49H61BrN11O5P. The highest BCUT2D eigenvalue weighted by molar-refractivity contribution is 9.10. The number of ether oxygens (including phenoxy) is 1. The van der Waals surface area contributed by atoms with Crippen LogP contribution in [0.4, 0.5) is 34.5 Å². The zero-order valence-corrected chi connectivity index (χ0v) is 41.5. The Morgan fingerprint density at radius 3 is 2.37 bits per heavy atom. The zero-order valence-electron chi connectivity index (χ0n) is 39.0. The van der Waals surface area contributed by atoms with Gasteiger partial charge in [-0.15, -0.1) is 0 Å². The predicted molar refractivity (Wildman–Crippen MR) is 268 cm³/mol. The van der Waals surface area contributed by atoms with Gasteiger partial charge in [0.1, 0.15) is 36.5 Å². The third-order valence-electron chi connectivity index (χ3n) is 14.0. The van der Waals surface area contributed by atoms with Crippen LogP contribution in [0, 0.1) is 0 Å². The third-order valence-corrected chi connectivity index (χ3v) is 16.1. The van der Waals surface area contributed by atoms with Gasteiger partial charge in [-0.05, 0) is 135 Å². The zero-order chi connectivity index (χ0) is 47.2. The van der Waals surface area contributed by atoms with Gasteiger partial charge in [-0.25, -0.2) is 4.98 Å². The average molecular weight is 995 g/mol. The van der Waals surface area contributed by atoms with E-state index in [4.69, 9.17) is 9.72 Å². The summed E-state index contributed by atoms with van der Waals surface area (Å²) in [6.45, 7) is 13.2. The quantitative estimate of drug-likeness (QED) is 0.0473. The number of carbonyl (C=O) groups is 2. The molecule has 4 aliphatic rings. The summed E-state index contributed by atoms with van der Waals surface area (Å²) >= 11 is 3.60. The maximum Gasteiger partial charge on any atom is 0.245 e. The third kappa shape index (κ3) is 9.50. The van der Waals surface area contributed by atoms with E-state index < -0.39 is 24.8 Å². The molecule has 16 nitrogen and oxygen atoms in total. The van der Waals surface area contributed by atoms with Crippen LogP contribution in [0.2, 0.25) is 0 Å². The molecule has 1 saturated carbocycles. The highest BCUT2D eigenvalue weighted by Gasteiger charge is 2.49. The molecule has 2 saturated heterocycles. The summed E-state index contributed by atoms with van der Waals surface area (Å²) in [4.78, 5) is 48.8. The molecule has 0 spiro atoms. The summed E-state index contributed by atoms with van der Waals surface area (Å²) in [6, 6.07) is 14.6. The first-order chi connectivity index (χ1) is 32.1. The minimum Gasteiger partial charge on any atom is -0.494 e. The van der Waals surface area contributed by atoms with Crippen LogP contribution in [0.15, 0.2) is 65.5 Å². The molecule has 2 aromatic heterocycles. The Balaban J connectivity index is 0.762. The van der Waals surface area contributed by atoms with E-state index in [0.29, 0.717) is 74.9 Å². The molecule has 9 rings (SSSR count). The van der Waals surface area contributed by atoms with Crippen molar-refractivity contribution in [3.8, 4) is 5.75 Å². The standard InChI is InChI=1S/C49H61BrN11O5P/c1-7-28-25-37(57-48-55-27-34(50)45(59-48)56-36-10-9-35-43(54-19-18-53-35)44(36)67(5,6)65)41(66-4)26-40(28)60-20-14-31(15-21-60)51-16-17-52-32-22-30(23-32)29-8-11-38-33(24-29)49(2,3)47(64)61(38)39-12-13-42(62)58-46(39)63/h8-11,18-19,24-27,30-32,39,42,51-52,62H,7,12-17,20-23H2,1-6H3,(H,58,63)(H2,55,56,57,59). The molecule has 2 atom stereocenters. The van der Waals surface area contributed by atoms with E-state index in [2.05, 4.69) is 93.6 Å². The monoisotopic (exact) mass is 993 g/mol. The number of fused-ring (bicyclic) bond motifs is 2. The van der Waals surface area contributed by atoms with Gasteiger partial charge >= 0.3 is 0 Å². The fraction of sp³-hybridized carbons (Fsp3) is 0.469. The van der Waals surface area contributed by atoms with Crippen LogP contribution in [0.1, 0.15) is 81.9 Å². The number of nitrogens with one attached hydrogen (secondary N) is 5. The number of hydrogen-bond donors (Lipinski definition) is 6. The highest BCUT2D eigenvalue weighted by Crippen LogP contribution is 2.47. The summed E-state index contributed by atoms with van der Waals surface area (Å²) in [6.07, 6.45) is 9.95. The smallest absolute Gasteiger partial charge is 0.245 e. The second-order valence-electron chi connectivity index (χ2n) is 19.1. The predicted octanol–water partition coefficient (Wildman–Crippen LogP) is 6.80. The van der Waals surface area contributed by atoms with Crippen molar-refractivity contribution >= 4 is 85.7 Å². The summed E-state index contributed by atoms with van der Waals surface area (Å²) < 4.78 is 20.1. The van der Waals surface area contributed by atoms with Crippen molar-refractivity contribution in [3.05, 3.63) is 82.2 Å². The summed E-state index contributed by atoms with van der Waals surface area (Å²) in [7, 11) is -1.10. The van der Waals surface area contributed by atoms with Crippen LogP contribution in [0.25, 0.3) is 11.0 Å². The fourth-order valence-corrected chi connectivity index (χ4v) is 11.9. The largest absolute Gasteiger partial charge is 0.494 e. The molecule has 5 heterocycles. The van der Waals surface area contributed by atoms with E-state index in [0.717, 1.165) is 75.2 Å². The first-order valence-corrected chi connectivity index (χ1v) is 26.8. The molecule has 0 bridgehead atoms. The van der Waals surface area contributed by atoms with Crippen molar-refractivity contribution in [3.63, 3.8) is 0 Å². The van der Waals surface area contributed by atoms with Crippen molar-refractivity contribution in [1.29, 1.82) is 0 Å². The first kappa shape index (κ1) is 46.9. The van der Waals surface area contributed by atoms with E-state index in [9.17, 15) is 19.3 Å². The lowest BCUT2D eigenvalue weighted by Gasteiger charge is -2.38. The van der Waals surface area contributed by atoms with E-state index in [1.54, 1.807) is 43.9 Å². The topological polar surface area (TPSA) is 199 Å². The Morgan fingerprint density at radius 1 is 0.910 bits per heavy atom. The van der Waals surface area contributed by atoms with Gasteiger partial charge in [-0.2, -0.15) is 4.98 Å². The lowest BCUT2D eigenvalue weighted by molar-refractivity contribution is -0.132. The molecule has 2 amide bonds. The van der Waals surface area contributed by atoms with Gasteiger partial charge in [-0.1, -0.05) is 19.1 Å². The highest BCUT2D eigenvalue weighted by atomic mass is 79.9. The minimum atomic E-state index is -2.77. The summed E-state index contributed by atoms with van der Waals surface area (Å²) in [5.41, 5.74) is 7.37. The van der Waals surface area contributed by atoms with E-state index in [1.165, 1.54) is 16.8 Å². The lowest BCUT2D eigenvalue weighted by atomic mass is 9.74. The Kier molecular flexibility index (Phi) is 13.3. The number of aromatic nitrogens is 4. The van der Waals surface area contributed by atoms with Crippen LogP contribution in [-0.2, 0) is 26.0 Å². The number of aliphatic hydroxyl groups is 1. The van der Waals surface area contributed by atoms with Crippen LogP contribution < -0.4 is 46.4 Å². The van der Waals surface area contributed by atoms with Gasteiger partial charge < -0.3 is 45.9 Å². The van der Waals surface area contributed by atoms with Crippen molar-refractivity contribution < 1.29 is 24.0 Å². The van der Waals surface area contributed by atoms with Gasteiger partial charge in [0.2, 0.25) is 17.8 Å². The van der Waals surface area contributed by atoms with Gasteiger partial charge in [0, 0.05) is 74.3 Å². The van der Waals surface area contributed by atoms with E-state index in [-0.39, 0.29) is 11.8 Å². The van der Waals surface area contributed by atoms with Crippen LogP contribution in [-0.4, -0.2) is 108 Å². The first-order valence-electron chi connectivity index (χ1n) is 23.4. The van der Waals surface area contributed by atoms with Gasteiger partial charge in [-0.3, -0.25) is 24.5 Å². The number of methoxy groups -OCH3 is 1. The maximum atomic E-state index is 13.6. The number of hydrogen-bond acceptors (Lipinski definition) is 14. The number of amides is 2. The number of benzene rings is 3. The van der Waals surface area contributed by atoms with Crippen molar-refractivity contribution in [2.24, 2.45) is 0 Å². The molecule has 67 heavy (non-hydrogen) atoms. The molecule has 6 N–H and O–H groups in total. The van der Waals surface area contributed by atoms with Crippen molar-refractivity contribution in [2.45, 2.75) is 101 Å². The second-order valence-corrected chi connectivity index (χ2v) is 23.1. The summed E-state index contributed by atoms with van der Waals surface area (Å²) in [5, 5.41) is 27.5. The summed E-state index contributed by atoms with van der Waals surface area (Å²) in [5.74, 6) is 1.65. The SMILES string of the molecule is CCc1cc(Nc2ncc(Br)c(Nc3ccc4nccnc4c3P(C)(C)=O)n2)c(OC)cc1N1CCC(NCCNC2CC(c3ccc4c(c3)C(C)(C)C(=O)N4C3CCC(O)NC3=O)C2)CC1. The van der Waals surface area contributed by atoms with Gasteiger partial charge in [0.25, 0.3) is 0 Å². The minimum absolute atomic E-state index is 0.0633. The van der Waals surface area contributed by atoms with Gasteiger partial charge in [0.05, 0.1) is 39.2 Å². The van der Waals surface area contributed by atoms with Crippen LogP contribution in [0.5, 0.6) is 5.75 Å². The number of carbonyl (C=O) groups excluding carboxylic acids is 2. The van der Waals surface area contributed by atoms with Crippen LogP contribution >= 0.6 is 23.1 Å². The average Bonchev–Trinajstić information content (AvgIpc) is 3.49. The van der Waals surface area contributed by atoms with E-state index >= 15 is 0 Å². The maximum absolute atomic E-state index is 13.6. The molecular weight excluding hydrogens is 933 g/mol. The number of anilines is 6. The van der Waals surface area contributed by atoms with Crippen molar-refractivity contribution in [2.75, 3.05) is 67.1 Å². The number of aryl methyl sites for hydroxylation is 1. The normalized spacial score (nSPS) is 21.8. The second kappa shape index (κ2) is 19.1. The molecule has 3 aliphatic heterocycles. The van der Waals surface area contributed by atoms with E-state index in [1.807, 2.05) is 32.0 Å². The van der Waals surface area contributed by atoms with Crippen LogP contribution in [0.3, 0.4) is 0 Å². The Bertz CT molecular complexity index is 2740. The Morgan fingerprint density at radius 2 is 1.66 bits per heavy atom. The Labute approximate surface area is 400 Å². The molecule has 3 fully saturated rings. The lowest BCUT2D eigenvalue weighted by Crippen LogP contribution is -2.56. The molecule has 2 unspecified atom stereocenters. The molecule has 0 radical (unpaired) electrons. The number of rotatable bonds is 15. The number of aliphatic hydroxyl groups excluding tert-OH is 1. The number of halogens is 1. The molecule has 5 aromatic rings. The number of nitrogens with zero attached hydrogens (tertiary/aromatic N) is 6. The molecule has 354 valence electrons.